The molecule has 0 atom stereocenters. The van der Waals surface area contributed by atoms with Gasteiger partial charge in [0.2, 0.25) is 0 Å². The Morgan fingerprint density at radius 2 is 2.08 bits per heavy atom. The first kappa shape index (κ1) is 11.4. The maximum absolute atomic E-state index is 4.25. The molecule has 1 heterocycles. The predicted octanol–water partition coefficient (Wildman–Crippen LogP) is 3.24. The van der Waals surface area contributed by atoms with Gasteiger partial charge in [0.1, 0.15) is 0 Å². The first-order chi connectivity index (χ1) is 5.43. The number of aryl methyl sites for hydroxylation is 1. The zero-order valence-electron chi connectivity index (χ0n) is 7.49. The van der Waals surface area contributed by atoms with Gasteiger partial charge >= 0.3 is 0 Å². The fourth-order valence-corrected chi connectivity index (χ4v) is 1.10. The second-order valence-electron chi connectivity index (χ2n) is 2.78. The van der Waals surface area contributed by atoms with Crippen molar-refractivity contribution in [1.82, 2.24) is 4.98 Å². The number of aromatic nitrogens is 1. The molecule has 0 radical (unpaired) electrons. The molecule has 0 unspecified atom stereocenters. The zero-order valence-corrected chi connectivity index (χ0v) is 8.31. The molecule has 68 valence electrons. The van der Waals surface area contributed by atoms with Crippen molar-refractivity contribution in [3.63, 3.8) is 0 Å². The van der Waals surface area contributed by atoms with E-state index in [-0.39, 0.29) is 12.4 Å². The Hall–Kier alpha value is -0.560. The molecule has 1 rings (SSSR count). The molecular weight excluding hydrogens is 170 g/mol. The van der Waals surface area contributed by atoms with Crippen LogP contribution in [0.5, 0.6) is 0 Å². The highest BCUT2D eigenvalue weighted by atomic mass is 35.5. The maximum atomic E-state index is 4.25. The molecule has 0 aliphatic heterocycles. The van der Waals surface area contributed by atoms with Crippen LogP contribution in [0.2, 0.25) is 0 Å². The van der Waals surface area contributed by atoms with E-state index in [1.165, 1.54) is 25.0 Å². The third kappa shape index (κ3) is 4.35. The van der Waals surface area contributed by atoms with Gasteiger partial charge in [-0.1, -0.05) is 25.8 Å². The molecule has 0 saturated heterocycles. The summed E-state index contributed by atoms with van der Waals surface area (Å²) in [5.41, 5.74) is 1.22. The summed E-state index contributed by atoms with van der Waals surface area (Å²) in [7, 11) is 0. The molecule has 0 saturated carbocycles. The Bertz CT molecular complexity index is 186. The quantitative estimate of drug-likeness (QED) is 0.657. The minimum absolute atomic E-state index is 0. The van der Waals surface area contributed by atoms with Crippen LogP contribution in [0.25, 0.3) is 0 Å². The Balaban J connectivity index is 0.00000121. The third-order valence-corrected chi connectivity index (χ3v) is 1.76. The second-order valence-corrected chi connectivity index (χ2v) is 2.78. The number of hydrogen-bond donors (Lipinski definition) is 0. The van der Waals surface area contributed by atoms with Crippen LogP contribution in [-0.2, 0) is 6.42 Å². The monoisotopic (exact) mass is 185 g/mol. The minimum atomic E-state index is 0. The summed E-state index contributed by atoms with van der Waals surface area (Å²) in [6, 6.07) is 6.10. The molecule has 12 heavy (non-hydrogen) atoms. The predicted molar refractivity (Wildman–Crippen MR) is 54.7 cm³/mol. The van der Waals surface area contributed by atoms with Crippen molar-refractivity contribution >= 4 is 12.4 Å². The first-order valence-electron chi connectivity index (χ1n) is 4.33. The van der Waals surface area contributed by atoms with Gasteiger partial charge in [0.25, 0.3) is 0 Å². The lowest BCUT2D eigenvalue weighted by Gasteiger charge is -1.97. The Kier molecular flexibility index (Phi) is 6.78. The molecule has 1 nitrogen and oxygen atoms in total. The van der Waals surface area contributed by atoms with E-state index in [4.69, 9.17) is 0 Å². The molecule has 0 aromatic carbocycles. The summed E-state index contributed by atoms with van der Waals surface area (Å²) >= 11 is 0. The Labute approximate surface area is 80.6 Å². The van der Waals surface area contributed by atoms with Crippen molar-refractivity contribution in [2.24, 2.45) is 0 Å². The van der Waals surface area contributed by atoms with Crippen molar-refractivity contribution < 1.29 is 0 Å². The smallest absolute Gasteiger partial charge is 0.0403 e. The SMILES string of the molecule is CCCCCc1ccccn1.Cl. The van der Waals surface area contributed by atoms with Gasteiger partial charge in [-0.2, -0.15) is 0 Å². The number of pyridine rings is 1. The summed E-state index contributed by atoms with van der Waals surface area (Å²) in [4.78, 5) is 4.25. The average molecular weight is 186 g/mol. The fraction of sp³-hybridized carbons (Fsp3) is 0.500. The van der Waals surface area contributed by atoms with Gasteiger partial charge in [-0.3, -0.25) is 4.98 Å². The van der Waals surface area contributed by atoms with E-state index in [1.54, 1.807) is 0 Å². The highest BCUT2D eigenvalue weighted by Gasteiger charge is 1.90. The van der Waals surface area contributed by atoms with E-state index in [1.807, 2.05) is 18.3 Å². The molecule has 0 bridgehead atoms. The number of hydrogen-bond acceptors (Lipinski definition) is 1. The fourth-order valence-electron chi connectivity index (χ4n) is 1.10. The molecular formula is C10H16ClN. The molecule has 0 amide bonds. The van der Waals surface area contributed by atoms with Crippen LogP contribution in [-0.4, -0.2) is 4.98 Å². The lowest BCUT2D eigenvalue weighted by Crippen LogP contribution is -1.87. The van der Waals surface area contributed by atoms with Crippen molar-refractivity contribution in [2.75, 3.05) is 0 Å². The lowest BCUT2D eigenvalue weighted by atomic mass is 10.1. The molecule has 0 aliphatic carbocycles. The first-order valence-corrected chi connectivity index (χ1v) is 4.33. The van der Waals surface area contributed by atoms with E-state index in [0.29, 0.717) is 0 Å². The normalized spacial score (nSPS) is 9.08. The molecule has 1 aromatic heterocycles. The zero-order chi connectivity index (χ0) is 7.94. The van der Waals surface area contributed by atoms with Crippen molar-refractivity contribution in [1.29, 1.82) is 0 Å². The number of rotatable bonds is 4. The van der Waals surface area contributed by atoms with Crippen LogP contribution in [0.1, 0.15) is 31.9 Å². The number of unbranched alkanes of at least 4 members (excludes halogenated alkanes) is 2. The maximum Gasteiger partial charge on any atom is 0.0403 e. The molecule has 0 fully saturated rings. The van der Waals surface area contributed by atoms with Crippen LogP contribution < -0.4 is 0 Å². The average Bonchev–Trinajstić information content (AvgIpc) is 2.07. The highest BCUT2D eigenvalue weighted by Crippen LogP contribution is 2.02. The Morgan fingerprint density at radius 1 is 1.25 bits per heavy atom. The van der Waals surface area contributed by atoms with Gasteiger partial charge in [0, 0.05) is 11.9 Å². The van der Waals surface area contributed by atoms with Crippen LogP contribution in [0.4, 0.5) is 0 Å². The topological polar surface area (TPSA) is 12.9 Å². The van der Waals surface area contributed by atoms with Crippen LogP contribution in [0.15, 0.2) is 24.4 Å². The molecule has 0 aliphatic rings. The van der Waals surface area contributed by atoms with Crippen molar-refractivity contribution in [3.05, 3.63) is 30.1 Å². The summed E-state index contributed by atoms with van der Waals surface area (Å²) in [6.07, 6.45) is 6.87. The summed E-state index contributed by atoms with van der Waals surface area (Å²) in [5.74, 6) is 0. The molecule has 0 spiro atoms. The highest BCUT2D eigenvalue weighted by molar-refractivity contribution is 5.85. The Morgan fingerprint density at radius 3 is 2.67 bits per heavy atom. The van der Waals surface area contributed by atoms with Crippen LogP contribution in [0.3, 0.4) is 0 Å². The van der Waals surface area contributed by atoms with E-state index >= 15 is 0 Å². The standard InChI is InChI=1S/C10H15N.ClH/c1-2-3-4-7-10-8-5-6-9-11-10;/h5-6,8-9H,2-4,7H2,1H3;1H. The summed E-state index contributed by atoms with van der Waals surface area (Å²) in [5, 5.41) is 0. The molecule has 1 aromatic rings. The lowest BCUT2D eigenvalue weighted by molar-refractivity contribution is 0.707. The molecule has 0 N–H and O–H groups in total. The van der Waals surface area contributed by atoms with E-state index in [0.717, 1.165) is 6.42 Å². The van der Waals surface area contributed by atoms with Crippen molar-refractivity contribution in [2.45, 2.75) is 32.6 Å². The molecule has 2 heteroatoms. The van der Waals surface area contributed by atoms with Gasteiger partial charge in [-0.15, -0.1) is 12.4 Å². The van der Waals surface area contributed by atoms with E-state index < -0.39 is 0 Å². The van der Waals surface area contributed by atoms with Gasteiger partial charge in [-0.05, 0) is 25.0 Å². The van der Waals surface area contributed by atoms with E-state index in [2.05, 4.69) is 18.0 Å². The largest absolute Gasteiger partial charge is 0.261 e. The number of halogens is 1. The van der Waals surface area contributed by atoms with Gasteiger partial charge in [-0.25, -0.2) is 0 Å². The summed E-state index contributed by atoms with van der Waals surface area (Å²) in [6.45, 7) is 2.22. The second kappa shape index (κ2) is 7.11. The van der Waals surface area contributed by atoms with Gasteiger partial charge in [0.05, 0.1) is 0 Å². The van der Waals surface area contributed by atoms with E-state index in [9.17, 15) is 0 Å². The minimum Gasteiger partial charge on any atom is -0.261 e. The third-order valence-electron chi connectivity index (χ3n) is 1.76. The number of nitrogens with zero attached hydrogens (tertiary/aromatic N) is 1. The van der Waals surface area contributed by atoms with Crippen LogP contribution in [0, 0.1) is 0 Å². The van der Waals surface area contributed by atoms with Crippen molar-refractivity contribution in [3.8, 4) is 0 Å². The summed E-state index contributed by atoms with van der Waals surface area (Å²) < 4.78 is 0. The van der Waals surface area contributed by atoms with Gasteiger partial charge < -0.3 is 0 Å². The van der Waals surface area contributed by atoms with Gasteiger partial charge in [0.15, 0.2) is 0 Å². The van der Waals surface area contributed by atoms with Crippen LogP contribution >= 0.6 is 12.4 Å².